The Morgan fingerprint density at radius 2 is 1.78 bits per heavy atom. The van der Waals surface area contributed by atoms with Gasteiger partial charge >= 0.3 is 0 Å². The maximum absolute atomic E-state index is 12.5. The minimum absolute atomic E-state index is 0.107. The number of carbonyl (C=O) groups excluding carboxylic acids is 2. The van der Waals surface area contributed by atoms with Crippen LogP contribution in [-0.2, 0) is 4.79 Å². The molecule has 0 aromatic heterocycles. The number of aromatic hydroxyl groups is 1. The summed E-state index contributed by atoms with van der Waals surface area (Å²) in [5.74, 6) is -0.272. The first-order chi connectivity index (χ1) is 13.0. The number of nitrogens with zero attached hydrogens (tertiary/aromatic N) is 2. The summed E-state index contributed by atoms with van der Waals surface area (Å²) in [6.07, 6.45) is 2.68. The Morgan fingerprint density at radius 3 is 2.44 bits per heavy atom. The number of hydrazone groups is 1. The predicted octanol–water partition coefficient (Wildman–Crippen LogP) is 3.05. The van der Waals surface area contributed by atoms with Crippen molar-refractivity contribution in [3.05, 3.63) is 64.7 Å². The second-order valence-corrected chi connectivity index (χ2v) is 6.78. The van der Waals surface area contributed by atoms with Crippen LogP contribution in [0.3, 0.4) is 0 Å². The Bertz CT molecular complexity index is 844. The van der Waals surface area contributed by atoms with Crippen LogP contribution in [0.15, 0.2) is 53.6 Å². The summed E-state index contributed by atoms with van der Waals surface area (Å²) in [6.45, 7) is 1.01. The second kappa shape index (κ2) is 8.68. The molecule has 2 aromatic carbocycles. The van der Waals surface area contributed by atoms with Crippen molar-refractivity contribution in [3.63, 3.8) is 0 Å². The number of amides is 2. The number of likely N-dealkylation sites (tertiary alicyclic amines) is 1. The third kappa shape index (κ3) is 4.86. The van der Waals surface area contributed by atoms with E-state index in [4.69, 9.17) is 11.6 Å². The first-order valence-electron chi connectivity index (χ1n) is 8.70. The topological polar surface area (TPSA) is 82.0 Å². The van der Waals surface area contributed by atoms with Crippen LogP contribution in [-0.4, -0.2) is 41.1 Å². The lowest BCUT2D eigenvalue weighted by Crippen LogP contribution is -2.42. The van der Waals surface area contributed by atoms with Crippen molar-refractivity contribution in [1.29, 1.82) is 0 Å². The lowest BCUT2D eigenvalue weighted by atomic mass is 9.95. The van der Waals surface area contributed by atoms with Gasteiger partial charge in [-0.2, -0.15) is 5.10 Å². The average Bonchev–Trinajstić information content (AvgIpc) is 2.69. The number of rotatable bonds is 4. The molecule has 0 atom stereocenters. The summed E-state index contributed by atoms with van der Waals surface area (Å²) < 4.78 is 0. The SMILES string of the molecule is O=C(N/N=C\c1ccc(O)cc1)C1CCN(C(=O)c2ccccc2Cl)CC1. The number of phenols is 1. The van der Waals surface area contributed by atoms with E-state index in [-0.39, 0.29) is 23.5 Å². The van der Waals surface area contributed by atoms with Gasteiger partial charge in [-0.05, 0) is 54.8 Å². The molecule has 2 N–H and O–H groups in total. The molecule has 0 aliphatic carbocycles. The van der Waals surface area contributed by atoms with Crippen molar-refractivity contribution in [1.82, 2.24) is 10.3 Å². The Labute approximate surface area is 162 Å². The largest absolute Gasteiger partial charge is 0.508 e. The molecule has 1 fully saturated rings. The molecule has 0 unspecified atom stereocenters. The Morgan fingerprint density at radius 1 is 1.11 bits per heavy atom. The molecule has 7 heteroatoms. The molecule has 2 amide bonds. The molecule has 27 heavy (non-hydrogen) atoms. The van der Waals surface area contributed by atoms with Gasteiger partial charge in [0.2, 0.25) is 5.91 Å². The van der Waals surface area contributed by atoms with Crippen molar-refractivity contribution in [2.45, 2.75) is 12.8 Å². The average molecular weight is 386 g/mol. The zero-order valence-electron chi connectivity index (χ0n) is 14.6. The molecule has 1 heterocycles. The summed E-state index contributed by atoms with van der Waals surface area (Å²) in [7, 11) is 0. The third-order valence-electron chi connectivity index (χ3n) is 4.54. The van der Waals surface area contributed by atoms with E-state index in [2.05, 4.69) is 10.5 Å². The van der Waals surface area contributed by atoms with Crippen molar-refractivity contribution < 1.29 is 14.7 Å². The van der Waals surface area contributed by atoms with E-state index in [1.54, 1.807) is 53.4 Å². The predicted molar refractivity (Wildman–Crippen MR) is 104 cm³/mol. The molecule has 0 bridgehead atoms. The Hall–Kier alpha value is -2.86. The molecule has 0 radical (unpaired) electrons. The molecular weight excluding hydrogens is 366 g/mol. The lowest BCUT2D eigenvalue weighted by molar-refractivity contribution is -0.126. The van der Waals surface area contributed by atoms with E-state index in [1.807, 2.05) is 0 Å². The minimum atomic E-state index is -0.183. The number of halogens is 1. The summed E-state index contributed by atoms with van der Waals surface area (Å²) in [4.78, 5) is 26.5. The van der Waals surface area contributed by atoms with E-state index >= 15 is 0 Å². The van der Waals surface area contributed by atoms with Crippen molar-refractivity contribution in [2.75, 3.05) is 13.1 Å². The van der Waals surface area contributed by atoms with Gasteiger partial charge in [-0.15, -0.1) is 0 Å². The Kier molecular flexibility index (Phi) is 6.08. The van der Waals surface area contributed by atoms with Gasteiger partial charge in [0.05, 0.1) is 16.8 Å². The Balaban J connectivity index is 1.50. The number of phenolic OH excluding ortho intramolecular Hbond substituents is 1. The standard InChI is InChI=1S/C20H20ClN3O3/c21-18-4-2-1-3-17(18)20(27)24-11-9-15(10-12-24)19(26)23-22-13-14-5-7-16(25)8-6-14/h1-8,13,15,25H,9-12H2,(H,23,26)/b22-13-. The van der Waals surface area contributed by atoms with Gasteiger partial charge in [0.25, 0.3) is 5.91 Å². The quantitative estimate of drug-likeness (QED) is 0.626. The van der Waals surface area contributed by atoms with Crippen LogP contribution in [0.1, 0.15) is 28.8 Å². The summed E-state index contributed by atoms with van der Waals surface area (Å²) in [5.41, 5.74) is 3.80. The molecular formula is C20H20ClN3O3. The first kappa shape index (κ1) is 18.9. The maximum atomic E-state index is 12.5. The number of hydrogen-bond acceptors (Lipinski definition) is 4. The molecule has 1 saturated heterocycles. The number of benzene rings is 2. The number of hydrogen-bond donors (Lipinski definition) is 2. The summed E-state index contributed by atoms with van der Waals surface area (Å²) in [6, 6.07) is 13.5. The van der Waals surface area contributed by atoms with E-state index in [1.165, 1.54) is 6.21 Å². The van der Waals surface area contributed by atoms with E-state index < -0.39 is 0 Å². The highest BCUT2D eigenvalue weighted by Gasteiger charge is 2.28. The highest BCUT2D eigenvalue weighted by Crippen LogP contribution is 2.22. The van der Waals surface area contributed by atoms with Crippen LogP contribution >= 0.6 is 11.6 Å². The van der Waals surface area contributed by atoms with Gasteiger partial charge in [0.1, 0.15) is 5.75 Å². The summed E-state index contributed by atoms with van der Waals surface area (Å²) in [5, 5.41) is 13.6. The number of carbonyl (C=O) groups is 2. The van der Waals surface area contributed by atoms with Gasteiger partial charge in [-0.25, -0.2) is 5.43 Å². The van der Waals surface area contributed by atoms with Gasteiger partial charge in [0.15, 0.2) is 0 Å². The van der Waals surface area contributed by atoms with Crippen LogP contribution in [0.5, 0.6) is 5.75 Å². The fraction of sp³-hybridized carbons (Fsp3) is 0.250. The maximum Gasteiger partial charge on any atom is 0.255 e. The van der Waals surface area contributed by atoms with E-state index in [0.29, 0.717) is 36.5 Å². The van der Waals surface area contributed by atoms with Crippen LogP contribution in [0.4, 0.5) is 0 Å². The van der Waals surface area contributed by atoms with Crippen LogP contribution in [0.2, 0.25) is 5.02 Å². The minimum Gasteiger partial charge on any atom is -0.508 e. The highest BCUT2D eigenvalue weighted by atomic mass is 35.5. The second-order valence-electron chi connectivity index (χ2n) is 6.37. The van der Waals surface area contributed by atoms with Crippen LogP contribution in [0.25, 0.3) is 0 Å². The van der Waals surface area contributed by atoms with E-state index in [0.717, 1.165) is 5.56 Å². The zero-order valence-corrected chi connectivity index (χ0v) is 15.4. The fourth-order valence-electron chi connectivity index (χ4n) is 2.97. The molecule has 2 aromatic rings. The van der Waals surface area contributed by atoms with Crippen molar-refractivity contribution in [2.24, 2.45) is 11.0 Å². The fourth-order valence-corrected chi connectivity index (χ4v) is 3.19. The molecule has 6 nitrogen and oxygen atoms in total. The first-order valence-corrected chi connectivity index (χ1v) is 9.08. The molecule has 0 spiro atoms. The molecule has 3 rings (SSSR count). The molecule has 0 saturated carbocycles. The van der Waals surface area contributed by atoms with Crippen molar-refractivity contribution >= 4 is 29.6 Å². The highest BCUT2D eigenvalue weighted by molar-refractivity contribution is 6.33. The normalized spacial score (nSPS) is 15.1. The van der Waals surface area contributed by atoms with Gasteiger partial charge in [0, 0.05) is 19.0 Å². The zero-order chi connectivity index (χ0) is 19.2. The number of nitrogens with one attached hydrogen (secondary N) is 1. The van der Waals surface area contributed by atoms with Gasteiger partial charge < -0.3 is 10.0 Å². The van der Waals surface area contributed by atoms with Crippen LogP contribution < -0.4 is 5.43 Å². The van der Waals surface area contributed by atoms with Gasteiger partial charge in [-0.1, -0.05) is 23.7 Å². The summed E-state index contributed by atoms with van der Waals surface area (Å²) >= 11 is 6.09. The molecule has 1 aliphatic heterocycles. The number of piperidine rings is 1. The monoisotopic (exact) mass is 385 g/mol. The van der Waals surface area contributed by atoms with Crippen LogP contribution in [0, 0.1) is 5.92 Å². The molecule has 140 valence electrons. The lowest BCUT2D eigenvalue weighted by Gasteiger charge is -2.31. The third-order valence-corrected chi connectivity index (χ3v) is 4.87. The van der Waals surface area contributed by atoms with Gasteiger partial charge in [-0.3, -0.25) is 9.59 Å². The van der Waals surface area contributed by atoms with E-state index in [9.17, 15) is 14.7 Å². The smallest absolute Gasteiger partial charge is 0.255 e. The molecule has 1 aliphatic rings. The van der Waals surface area contributed by atoms with Crippen molar-refractivity contribution in [3.8, 4) is 5.75 Å².